The van der Waals surface area contributed by atoms with E-state index in [4.69, 9.17) is 0 Å². The Morgan fingerprint density at radius 2 is 2.00 bits per heavy atom. The Bertz CT molecular complexity index is 428. The second-order valence-corrected chi connectivity index (χ2v) is 3.29. The highest BCUT2D eigenvalue weighted by Crippen LogP contribution is 2.21. The molecule has 1 aromatic carbocycles. The van der Waals surface area contributed by atoms with E-state index < -0.39 is 0 Å². The van der Waals surface area contributed by atoms with E-state index in [1.54, 1.807) is 18.2 Å². The van der Waals surface area contributed by atoms with Crippen molar-refractivity contribution in [2.45, 2.75) is 0 Å². The van der Waals surface area contributed by atoms with Gasteiger partial charge in [-0.1, -0.05) is 12.1 Å². The summed E-state index contributed by atoms with van der Waals surface area (Å²) in [5, 5.41) is 0.548. The number of rotatable bonds is 0. The Morgan fingerprint density at radius 1 is 1.25 bits per heavy atom. The van der Waals surface area contributed by atoms with Crippen LogP contribution in [0.2, 0.25) is 0 Å². The number of nitrogens with zero attached hydrogens (tertiary/aromatic N) is 1. The zero-order valence-corrected chi connectivity index (χ0v) is 7.68. The first-order valence-electron chi connectivity index (χ1n) is 3.48. The average molecular weight is 226 g/mol. The van der Waals surface area contributed by atoms with Crippen LogP contribution in [0.4, 0.5) is 4.39 Å². The van der Waals surface area contributed by atoms with E-state index in [-0.39, 0.29) is 5.82 Å². The minimum Gasteiger partial charge on any atom is -0.255 e. The molecular weight excluding hydrogens is 221 g/mol. The molecule has 1 nitrogen and oxygen atoms in total. The van der Waals surface area contributed by atoms with Gasteiger partial charge in [0, 0.05) is 11.6 Å². The lowest BCUT2D eigenvalue weighted by molar-refractivity contribution is 0.632. The van der Waals surface area contributed by atoms with Crippen LogP contribution in [-0.4, -0.2) is 4.98 Å². The largest absolute Gasteiger partial charge is 0.255 e. The van der Waals surface area contributed by atoms with Crippen molar-refractivity contribution >= 4 is 26.8 Å². The highest BCUT2D eigenvalue weighted by molar-refractivity contribution is 9.10. The van der Waals surface area contributed by atoms with E-state index >= 15 is 0 Å². The van der Waals surface area contributed by atoms with Gasteiger partial charge in [-0.3, -0.25) is 4.98 Å². The molecule has 0 saturated heterocycles. The fourth-order valence-electron chi connectivity index (χ4n) is 1.08. The van der Waals surface area contributed by atoms with E-state index in [1.807, 2.05) is 6.07 Å². The lowest BCUT2D eigenvalue weighted by Crippen LogP contribution is -1.84. The first kappa shape index (κ1) is 7.68. The molecule has 12 heavy (non-hydrogen) atoms. The van der Waals surface area contributed by atoms with Crippen molar-refractivity contribution < 1.29 is 4.39 Å². The van der Waals surface area contributed by atoms with Gasteiger partial charge < -0.3 is 0 Å². The highest BCUT2D eigenvalue weighted by atomic mass is 79.9. The van der Waals surface area contributed by atoms with Gasteiger partial charge in [0.2, 0.25) is 0 Å². The molecule has 1 aromatic heterocycles. The predicted molar refractivity (Wildman–Crippen MR) is 49.4 cm³/mol. The molecule has 2 rings (SSSR count). The van der Waals surface area contributed by atoms with Crippen LogP contribution >= 0.6 is 15.9 Å². The Morgan fingerprint density at radius 3 is 2.83 bits per heavy atom. The van der Waals surface area contributed by atoms with Gasteiger partial charge in [0.1, 0.15) is 5.82 Å². The molecule has 0 atom stereocenters. The zero-order chi connectivity index (χ0) is 8.55. The van der Waals surface area contributed by atoms with Crippen LogP contribution in [-0.2, 0) is 0 Å². The Kier molecular flexibility index (Phi) is 1.81. The summed E-state index contributed by atoms with van der Waals surface area (Å²) in [6, 6.07) is 7.12. The fourth-order valence-corrected chi connectivity index (χ4v) is 1.40. The normalized spacial score (nSPS) is 10.5. The summed E-state index contributed by atoms with van der Waals surface area (Å²) in [5.74, 6) is -0.249. The first-order chi connectivity index (χ1) is 5.79. The van der Waals surface area contributed by atoms with E-state index in [9.17, 15) is 4.39 Å². The fraction of sp³-hybridized carbons (Fsp3) is 0. The van der Waals surface area contributed by atoms with Crippen molar-refractivity contribution in [1.82, 2.24) is 4.98 Å². The second-order valence-electron chi connectivity index (χ2n) is 2.44. The first-order valence-corrected chi connectivity index (χ1v) is 4.27. The van der Waals surface area contributed by atoms with Gasteiger partial charge in [-0.2, -0.15) is 0 Å². The summed E-state index contributed by atoms with van der Waals surface area (Å²) in [6.45, 7) is 0. The maximum atomic E-state index is 13.3. The number of hydrogen-bond acceptors (Lipinski definition) is 1. The summed E-state index contributed by atoms with van der Waals surface area (Å²) in [6.07, 6.45) is 1.47. The Hall–Kier alpha value is -0.960. The number of hydrogen-bond donors (Lipinski definition) is 0. The molecule has 0 aliphatic carbocycles. The second kappa shape index (κ2) is 2.83. The van der Waals surface area contributed by atoms with Crippen molar-refractivity contribution in [2.75, 3.05) is 0 Å². The summed E-state index contributed by atoms with van der Waals surface area (Å²) in [4.78, 5) is 4.05. The van der Waals surface area contributed by atoms with Crippen molar-refractivity contribution in [3.05, 3.63) is 40.8 Å². The average Bonchev–Trinajstić information content (AvgIpc) is 2.12. The van der Waals surface area contributed by atoms with Crippen LogP contribution in [0.1, 0.15) is 0 Å². The minimum absolute atomic E-state index is 0.249. The van der Waals surface area contributed by atoms with Gasteiger partial charge in [0.05, 0.1) is 9.99 Å². The smallest absolute Gasteiger partial charge is 0.148 e. The lowest BCUT2D eigenvalue weighted by Gasteiger charge is -1.98. The number of pyridine rings is 1. The third-order valence-corrected chi connectivity index (χ3v) is 2.22. The number of para-hydroxylation sites is 1. The number of fused-ring (bicyclic) bond motifs is 1. The van der Waals surface area contributed by atoms with Crippen LogP contribution in [0.5, 0.6) is 0 Å². The molecule has 0 N–H and O–H groups in total. The molecule has 0 bridgehead atoms. The van der Waals surface area contributed by atoms with E-state index in [0.717, 1.165) is 0 Å². The summed E-state index contributed by atoms with van der Waals surface area (Å²) >= 11 is 3.08. The lowest BCUT2D eigenvalue weighted by atomic mass is 10.2. The van der Waals surface area contributed by atoms with Gasteiger partial charge in [-0.15, -0.1) is 0 Å². The van der Waals surface area contributed by atoms with E-state index in [1.165, 1.54) is 6.20 Å². The molecule has 60 valence electrons. The molecular formula is C9H5BrFN. The molecule has 3 heteroatoms. The topological polar surface area (TPSA) is 12.9 Å². The Labute approximate surface area is 77.4 Å². The molecule has 0 saturated carbocycles. The van der Waals surface area contributed by atoms with Gasteiger partial charge in [0.25, 0.3) is 0 Å². The summed E-state index contributed by atoms with van der Waals surface area (Å²) < 4.78 is 13.7. The van der Waals surface area contributed by atoms with Gasteiger partial charge in [-0.05, 0) is 28.1 Å². The van der Waals surface area contributed by atoms with Crippen LogP contribution in [0.3, 0.4) is 0 Å². The van der Waals surface area contributed by atoms with Crippen LogP contribution < -0.4 is 0 Å². The van der Waals surface area contributed by atoms with E-state index in [0.29, 0.717) is 15.4 Å². The highest BCUT2D eigenvalue weighted by Gasteiger charge is 2.03. The molecule has 0 unspecified atom stereocenters. The molecule has 0 spiro atoms. The monoisotopic (exact) mass is 225 g/mol. The predicted octanol–water partition coefficient (Wildman–Crippen LogP) is 3.14. The molecule has 0 fully saturated rings. The third kappa shape index (κ3) is 1.10. The van der Waals surface area contributed by atoms with Gasteiger partial charge in [0.15, 0.2) is 0 Å². The van der Waals surface area contributed by atoms with Crippen molar-refractivity contribution in [1.29, 1.82) is 0 Å². The molecule has 0 aliphatic rings. The van der Waals surface area contributed by atoms with Gasteiger partial charge in [-0.25, -0.2) is 4.39 Å². The standard InChI is InChI=1S/C9H5BrFN/c10-7-5-12-8-4-2-1-3-6(8)9(7)11/h1-5H. The zero-order valence-electron chi connectivity index (χ0n) is 6.09. The number of halogens is 2. The Balaban J connectivity index is 2.91. The summed E-state index contributed by atoms with van der Waals surface area (Å²) in [7, 11) is 0. The van der Waals surface area contributed by atoms with E-state index in [2.05, 4.69) is 20.9 Å². The van der Waals surface area contributed by atoms with Crippen LogP contribution in [0.15, 0.2) is 34.9 Å². The van der Waals surface area contributed by atoms with Crippen molar-refractivity contribution in [2.24, 2.45) is 0 Å². The molecule has 0 amide bonds. The minimum atomic E-state index is -0.249. The maximum absolute atomic E-state index is 13.3. The van der Waals surface area contributed by atoms with Gasteiger partial charge >= 0.3 is 0 Å². The van der Waals surface area contributed by atoms with Crippen LogP contribution in [0.25, 0.3) is 10.9 Å². The summed E-state index contributed by atoms with van der Waals surface area (Å²) in [5.41, 5.74) is 0.679. The quantitative estimate of drug-likeness (QED) is 0.672. The molecule has 2 aromatic rings. The molecule has 0 aliphatic heterocycles. The number of aromatic nitrogens is 1. The van der Waals surface area contributed by atoms with Crippen molar-refractivity contribution in [3.63, 3.8) is 0 Å². The third-order valence-electron chi connectivity index (χ3n) is 1.67. The molecule has 0 radical (unpaired) electrons. The maximum Gasteiger partial charge on any atom is 0.148 e. The SMILES string of the molecule is Fc1c(Br)cnc2ccccc12. The number of benzene rings is 1. The van der Waals surface area contributed by atoms with Crippen molar-refractivity contribution in [3.8, 4) is 0 Å². The van der Waals surface area contributed by atoms with Crippen LogP contribution in [0, 0.1) is 5.82 Å². The molecule has 1 heterocycles.